The van der Waals surface area contributed by atoms with Crippen molar-refractivity contribution in [2.45, 2.75) is 12.4 Å². The summed E-state index contributed by atoms with van der Waals surface area (Å²) in [4.78, 5) is 30.4. The number of benzene rings is 8. The number of aromatic nitrogens is 7. The predicted octanol–water partition coefficient (Wildman–Crippen LogP) is 14.9. The zero-order chi connectivity index (χ0) is 47.3. The molecule has 0 spiro atoms. The van der Waals surface area contributed by atoms with Crippen molar-refractivity contribution in [3.63, 3.8) is 0 Å². The Labute approximate surface area is 390 Å². The molecular weight excluding hydrogens is 885 g/mol. The van der Waals surface area contributed by atoms with E-state index in [4.69, 9.17) is 29.9 Å². The fourth-order valence-electron chi connectivity index (χ4n) is 8.52. The van der Waals surface area contributed by atoms with Crippen molar-refractivity contribution in [3.05, 3.63) is 211 Å². The predicted molar refractivity (Wildman–Crippen MR) is 256 cm³/mol. The lowest BCUT2D eigenvalue weighted by Gasteiger charge is -2.19. The number of hydrogen-bond donors (Lipinski definition) is 0. The third kappa shape index (κ3) is 8.24. The van der Waals surface area contributed by atoms with Crippen LogP contribution >= 0.6 is 0 Å². The Balaban J connectivity index is 1.23. The number of fused-ring (bicyclic) bond motifs is 3. The molecule has 0 radical (unpaired) electrons. The highest BCUT2D eigenvalue weighted by molar-refractivity contribution is 6.11. The summed E-state index contributed by atoms with van der Waals surface area (Å²) in [5.74, 6) is 2.29. The molecule has 0 aliphatic heterocycles. The van der Waals surface area contributed by atoms with Gasteiger partial charge in [0.25, 0.3) is 0 Å². The van der Waals surface area contributed by atoms with E-state index in [1.54, 1.807) is 12.1 Å². The lowest BCUT2D eigenvalue weighted by molar-refractivity contribution is -0.143. The monoisotopic (exact) mass is 917 g/mol. The van der Waals surface area contributed by atoms with Crippen molar-refractivity contribution in [2.75, 3.05) is 0 Å². The minimum Gasteiger partial charge on any atom is -0.308 e. The maximum absolute atomic E-state index is 14.1. The molecular formula is C56H33F6N7. The van der Waals surface area contributed by atoms with Crippen LogP contribution in [0.25, 0.3) is 107 Å². The highest BCUT2D eigenvalue weighted by Crippen LogP contribution is 2.44. The van der Waals surface area contributed by atoms with Gasteiger partial charge >= 0.3 is 12.4 Å². The topological polar surface area (TPSA) is 82.3 Å². The minimum atomic E-state index is -5.03. The molecule has 0 aliphatic carbocycles. The number of halogens is 6. The molecule has 0 unspecified atom stereocenters. The van der Waals surface area contributed by atoms with E-state index in [0.29, 0.717) is 73.6 Å². The molecule has 0 atom stereocenters. The summed E-state index contributed by atoms with van der Waals surface area (Å²) in [6.45, 7) is 0. The molecule has 0 aliphatic rings. The lowest BCUT2D eigenvalue weighted by atomic mass is 9.97. The molecule has 3 heterocycles. The van der Waals surface area contributed by atoms with Crippen molar-refractivity contribution in [3.8, 4) is 85.1 Å². The van der Waals surface area contributed by atoms with Crippen LogP contribution in [0.1, 0.15) is 11.1 Å². The lowest BCUT2D eigenvalue weighted by Crippen LogP contribution is -2.11. The first-order chi connectivity index (χ1) is 33.5. The van der Waals surface area contributed by atoms with Crippen molar-refractivity contribution in [1.82, 2.24) is 34.5 Å². The largest absolute Gasteiger partial charge is 0.416 e. The van der Waals surface area contributed by atoms with E-state index >= 15 is 0 Å². The van der Waals surface area contributed by atoms with Crippen LogP contribution in [-0.4, -0.2) is 34.5 Å². The van der Waals surface area contributed by atoms with Gasteiger partial charge in [-0.1, -0.05) is 152 Å². The Bertz CT molecular complexity index is 3400. The van der Waals surface area contributed by atoms with Crippen LogP contribution in [0.2, 0.25) is 0 Å². The Hall–Kier alpha value is -8.84. The maximum atomic E-state index is 14.1. The quantitative estimate of drug-likeness (QED) is 0.141. The van der Waals surface area contributed by atoms with Gasteiger partial charge < -0.3 is 4.57 Å². The van der Waals surface area contributed by atoms with E-state index in [1.165, 1.54) is 6.07 Å². The summed E-state index contributed by atoms with van der Waals surface area (Å²) < 4.78 is 86.9. The molecule has 0 bridgehead atoms. The van der Waals surface area contributed by atoms with E-state index in [0.717, 1.165) is 34.4 Å². The second-order valence-corrected chi connectivity index (χ2v) is 16.2. The number of rotatable bonds is 8. The summed E-state index contributed by atoms with van der Waals surface area (Å²) in [5.41, 5.74) is 3.00. The van der Waals surface area contributed by atoms with Crippen LogP contribution in [0.5, 0.6) is 0 Å². The van der Waals surface area contributed by atoms with E-state index in [1.807, 2.05) is 168 Å². The zero-order valence-electron chi connectivity index (χ0n) is 36.0. The smallest absolute Gasteiger partial charge is 0.308 e. The number of para-hydroxylation sites is 2. The molecule has 13 heteroatoms. The standard InChI is InChI=1S/C56H33F6N7/c57-55(58,59)40-30-39(31-41(33-40)56(60,61)62)38-28-29-47-45(32-38)42-24-13-14-27-46(42)69(47)48-43(53-65-49(34-16-5-1-6-17-34)63-50(66-53)35-18-7-2-8-19-35)25-15-26-44(48)54-67-51(36-20-9-3-10-21-36)64-52(68-54)37-22-11-4-12-23-37/h1-33H. The first kappa shape index (κ1) is 42.8. The Kier molecular flexibility index (Phi) is 10.6. The molecule has 69 heavy (non-hydrogen) atoms. The van der Waals surface area contributed by atoms with E-state index in [-0.39, 0.29) is 17.2 Å². The van der Waals surface area contributed by atoms with Gasteiger partial charge in [-0.05, 0) is 59.7 Å². The molecule has 0 amide bonds. The van der Waals surface area contributed by atoms with Crippen molar-refractivity contribution < 1.29 is 26.3 Å². The molecule has 3 aromatic heterocycles. The van der Waals surface area contributed by atoms with Crippen molar-refractivity contribution in [2.24, 2.45) is 0 Å². The van der Waals surface area contributed by atoms with Gasteiger partial charge in [0.05, 0.1) is 27.8 Å². The van der Waals surface area contributed by atoms with E-state index in [2.05, 4.69) is 0 Å². The molecule has 0 saturated carbocycles. The van der Waals surface area contributed by atoms with Crippen molar-refractivity contribution >= 4 is 21.8 Å². The van der Waals surface area contributed by atoms with Crippen LogP contribution in [0.15, 0.2) is 200 Å². The molecule has 0 fully saturated rings. The summed E-state index contributed by atoms with van der Waals surface area (Å²) in [6, 6.07) is 57.7. The fourth-order valence-corrected chi connectivity index (χ4v) is 8.52. The highest BCUT2D eigenvalue weighted by atomic mass is 19.4. The first-order valence-electron chi connectivity index (χ1n) is 21.7. The highest BCUT2D eigenvalue weighted by Gasteiger charge is 2.37. The molecule has 11 rings (SSSR count). The van der Waals surface area contributed by atoms with Crippen LogP contribution in [0.4, 0.5) is 26.3 Å². The van der Waals surface area contributed by atoms with Gasteiger partial charge in [0, 0.05) is 44.2 Å². The molecule has 0 N–H and O–H groups in total. The van der Waals surface area contributed by atoms with Gasteiger partial charge in [0.2, 0.25) is 0 Å². The Morgan fingerprint density at radius 3 is 1.09 bits per heavy atom. The number of hydrogen-bond acceptors (Lipinski definition) is 6. The first-order valence-corrected chi connectivity index (χ1v) is 21.7. The summed E-state index contributed by atoms with van der Waals surface area (Å²) in [6.07, 6.45) is -10.1. The molecule has 11 aromatic rings. The van der Waals surface area contributed by atoms with Gasteiger partial charge in [-0.3, -0.25) is 0 Å². The van der Waals surface area contributed by atoms with Crippen LogP contribution in [-0.2, 0) is 12.4 Å². The molecule has 334 valence electrons. The normalized spacial score (nSPS) is 11.9. The minimum absolute atomic E-state index is 0.132. The average molecular weight is 918 g/mol. The Morgan fingerprint density at radius 2 is 0.667 bits per heavy atom. The van der Waals surface area contributed by atoms with Crippen LogP contribution in [0, 0.1) is 0 Å². The fraction of sp³-hybridized carbons (Fsp3) is 0.0357. The van der Waals surface area contributed by atoms with Gasteiger partial charge in [0.15, 0.2) is 34.9 Å². The van der Waals surface area contributed by atoms with Gasteiger partial charge in [0.1, 0.15) is 0 Å². The van der Waals surface area contributed by atoms with E-state index < -0.39 is 23.5 Å². The molecule has 7 nitrogen and oxygen atoms in total. The van der Waals surface area contributed by atoms with Crippen molar-refractivity contribution in [1.29, 1.82) is 0 Å². The maximum Gasteiger partial charge on any atom is 0.416 e. The zero-order valence-corrected chi connectivity index (χ0v) is 36.0. The Morgan fingerprint density at radius 1 is 0.290 bits per heavy atom. The third-order valence-corrected chi connectivity index (χ3v) is 11.7. The summed E-state index contributed by atoms with van der Waals surface area (Å²) in [5, 5.41) is 1.24. The van der Waals surface area contributed by atoms with E-state index in [9.17, 15) is 26.3 Å². The SMILES string of the molecule is FC(F)(F)c1cc(-c2ccc3c(c2)c2ccccc2n3-c2c(-c3nc(-c4ccccc4)nc(-c4ccccc4)n3)cccc2-c2nc(-c3ccccc3)nc(-c3ccccc3)n2)cc(C(F)(F)F)c1. The van der Waals surface area contributed by atoms with Gasteiger partial charge in [-0.15, -0.1) is 0 Å². The second kappa shape index (κ2) is 17.1. The second-order valence-electron chi connectivity index (χ2n) is 16.2. The van der Waals surface area contributed by atoms with Crippen LogP contribution < -0.4 is 0 Å². The molecule has 8 aromatic carbocycles. The number of alkyl halides is 6. The summed E-state index contributed by atoms with van der Waals surface area (Å²) >= 11 is 0. The third-order valence-electron chi connectivity index (χ3n) is 11.7. The van der Waals surface area contributed by atoms with Gasteiger partial charge in [-0.2, -0.15) is 26.3 Å². The average Bonchev–Trinajstić information content (AvgIpc) is 3.72. The molecule has 0 saturated heterocycles. The van der Waals surface area contributed by atoms with Crippen LogP contribution in [0.3, 0.4) is 0 Å². The number of nitrogens with zero attached hydrogens (tertiary/aromatic N) is 7. The van der Waals surface area contributed by atoms with Gasteiger partial charge in [-0.25, -0.2) is 29.9 Å². The summed E-state index contributed by atoms with van der Waals surface area (Å²) in [7, 11) is 0.